The van der Waals surface area contributed by atoms with Gasteiger partial charge in [-0.2, -0.15) is 0 Å². The summed E-state index contributed by atoms with van der Waals surface area (Å²) in [6, 6.07) is 0.275. The van der Waals surface area contributed by atoms with Crippen molar-refractivity contribution in [2.75, 3.05) is 0 Å². The van der Waals surface area contributed by atoms with Gasteiger partial charge in [0.05, 0.1) is 12.2 Å². The summed E-state index contributed by atoms with van der Waals surface area (Å²) in [5.74, 6) is 0. The van der Waals surface area contributed by atoms with Crippen LogP contribution in [-0.2, 0) is 4.74 Å². The van der Waals surface area contributed by atoms with Gasteiger partial charge in [-0.05, 0) is 26.2 Å². The Balaban J connectivity index is 2.12. The molecule has 0 aromatic carbocycles. The molecule has 1 heterocycles. The average Bonchev–Trinajstić information content (AvgIpc) is 2.52. The van der Waals surface area contributed by atoms with Crippen LogP contribution in [0.4, 0.5) is 0 Å². The van der Waals surface area contributed by atoms with E-state index in [0.717, 1.165) is 12.8 Å². The van der Waals surface area contributed by atoms with Gasteiger partial charge in [-0.25, -0.2) is 0 Å². The van der Waals surface area contributed by atoms with Crippen LogP contribution in [0.3, 0.4) is 0 Å². The van der Waals surface area contributed by atoms with E-state index in [1.165, 1.54) is 25.7 Å². The molecular weight excluding hydrogens is 162 g/mol. The second-order valence-electron chi connectivity index (χ2n) is 4.22. The van der Waals surface area contributed by atoms with Crippen molar-refractivity contribution in [3.8, 4) is 0 Å². The summed E-state index contributed by atoms with van der Waals surface area (Å²) >= 11 is 0. The molecule has 3 atom stereocenters. The normalized spacial score (nSPS) is 30.7. The quantitative estimate of drug-likeness (QED) is 0.668. The van der Waals surface area contributed by atoms with Gasteiger partial charge in [-0.15, -0.1) is 0 Å². The Kier molecular flexibility index (Phi) is 4.74. The highest BCUT2D eigenvalue weighted by Crippen LogP contribution is 2.22. The van der Waals surface area contributed by atoms with E-state index in [9.17, 15) is 0 Å². The molecule has 0 radical (unpaired) electrons. The monoisotopic (exact) mass is 185 g/mol. The molecule has 0 aromatic heterocycles. The van der Waals surface area contributed by atoms with Crippen molar-refractivity contribution in [2.24, 2.45) is 5.73 Å². The van der Waals surface area contributed by atoms with Crippen LogP contribution in [0.2, 0.25) is 0 Å². The van der Waals surface area contributed by atoms with Gasteiger partial charge in [0.2, 0.25) is 0 Å². The van der Waals surface area contributed by atoms with Gasteiger partial charge in [0.1, 0.15) is 0 Å². The van der Waals surface area contributed by atoms with E-state index in [1.807, 2.05) is 0 Å². The van der Waals surface area contributed by atoms with Crippen molar-refractivity contribution < 1.29 is 4.74 Å². The Morgan fingerprint density at radius 1 is 1.38 bits per heavy atom. The summed E-state index contributed by atoms with van der Waals surface area (Å²) in [5.41, 5.74) is 6.06. The van der Waals surface area contributed by atoms with Crippen molar-refractivity contribution in [1.82, 2.24) is 0 Å². The summed E-state index contributed by atoms with van der Waals surface area (Å²) in [6.07, 6.45) is 8.08. The highest BCUT2D eigenvalue weighted by molar-refractivity contribution is 4.80. The zero-order chi connectivity index (χ0) is 9.68. The molecule has 1 aliphatic heterocycles. The molecule has 2 nitrogen and oxygen atoms in total. The van der Waals surface area contributed by atoms with E-state index in [-0.39, 0.29) is 6.04 Å². The predicted octanol–water partition coefficient (Wildman–Crippen LogP) is 2.46. The predicted molar refractivity (Wildman–Crippen MR) is 55.7 cm³/mol. The number of ether oxygens (including phenoxy) is 1. The molecule has 0 saturated carbocycles. The zero-order valence-corrected chi connectivity index (χ0v) is 8.96. The lowest BCUT2D eigenvalue weighted by molar-refractivity contribution is 0.0382. The minimum atomic E-state index is 0.275. The van der Waals surface area contributed by atoms with Crippen molar-refractivity contribution in [3.05, 3.63) is 0 Å². The average molecular weight is 185 g/mol. The van der Waals surface area contributed by atoms with Crippen LogP contribution in [0.1, 0.15) is 52.4 Å². The maximum atomic E-state index is 6.06. The molecule has 78 valence electrons. The third-order valence-electron chi connectivity index (χ3n) is 2.88. The van der Waals surface area contributed by atoms with Crippen molar-refractivity contribution >= 4 is 0 Å². The van der Waals surface area contributed by atoms with E-state index in [0.29, 0.717) is 12.2 Å². The summed E-state index contributed by atoms with van der Waals surface area (Å²) in [6.45, 7) is 4.36. The maximum Gasteiger partial charge on any atom is 0.0730 e. The summed E-state index contributed by atoms with van der Waals surface area (Å²) in [4.78, 5) is 0. The largest absolute Gasteiger partial charge is 0.374 e. The summed E-state index contributed by atoms with van der Waals surface area (Å²) in [7, 11) is 0. The molecule has 1 aliphatic rings. The van der Waals surface area contributed by atoms with Crippen LogP contribution in [0.15, 0.2) is 0 Å². The summed E-state index contributed by atoms with van der Waals surface area (Å²) < 4.78 is 5.73. The van der Waals surface area contributed by atoms with E-state index in [1.54, 1.807) is 0 Å². The molecule has 1 rings (SSSR count). The van der Waals surface area contributed by atoms with Crippen molar-refractivity contribution in [1.29, 1.82) is 0 Å². The van der Waals surface area contributed by atoms with E-state index >= 15 is 0 Å². The van der Waals surface area contributed by atoms with Crippen LogP contribution < -0.4 is 5.73 Å². The first-order chi connectivity index (χ1) is 6.24. The first-order valence-corrected chi connectivity index (χ1v) is 5.65. The number of hydrogen-bond acceptors (Lipinski definition) is 2. The molecule has 0 spiro atoms. The molecule has 0 bridgehead atoms. The highest BCUT2D eigenvalue weighted by atomic mass is 16.5. The number of rotatable bonds is 5. The van der Waals surface area contributed by atoms with E-state index < -0.39 is 0 Å². The molecule has 2 heteroatoms. The Morgan fingerprint density at radius 3 is 2.69 bits per heavy atom. The smallest absolute Gasteiger partial charge is 0.0730 e. The summed E-state index contributed by atoms with van der Waals surface area (Å²) in [5, 5.41) is 0. The van der Waals surface area contributed by atoms with Crippen LogP contribution >= 0.6 is 0 Å². The zero-order valence-electron chi connectivity index (χ0n) is 8.96. The Labute approximate surface area is 81.8 Å². The standard InChI is InChI=1S/C11H23NO/c1-3-4-5-6-10(12)11-8-7-9(2)13-11/h9-11H,3-8,12H2,1-2H3. The second-order valence-corrected chi connectivity index (χ2v) is 4.22. The van der Waals surface area contributed by atoms with Gasteiger partial charge >= 0.3 is 0 Å². The molecule has 1 fully saturated rings. The first kappa shape index (κ1) is 11.0. The van der Waals surface area contributed by atoms with Gasteiger partial charge in [0.25, 0.3) is 0 Å². The fourth-order valence-corrected chi connectivity index (χ4v) is 1.96. The molecule has 3 unspecified atom stereocenters. The van der Waals surface area contributed by atoms with Gasteiger partial charge in [-0.3, -0.25) is 0 Å². The van der Waals surface area contributed by atoms with Gasteiger partial charge in [0.15, 0.2) is 0 Å². The topological polar surface area (TPSA) is 35.2 Å². The lowest BCUT2D eigenvalue weighted by Gasteiger charge is -2.19. The first-order valence-electron chi connectivity index (χ1n) is 5.65. The second kappa shape index (κ2) is 5.61. The van der Waals surface area contributed by atoms with Crippen molar-refractivity contribution in [3.63, 3.8) is 0 Å². The van der Waals surface area contributed by atoms with Crippen LogP contribution in [0.5, 0.6) is 0 Å². The fourth-order valence-electron chi connectivity index (χ4n) is 1.96. The van der Waals surface area contributed by atoms with Gasteiger partial charge in [0, 0.05) is 6.04 Å². The number of unbranched alkanes of at least 4 members (excludes halogenated alkanes) is 2. The molecule has 1 saturated heterocycles. The van der Waals surface area contributed by atoms with Crippen LogP contribution in [-0.4, -0.2) is 18.2 Å². The Morgan fingerprint density at radius 2 is 2.15 bits per heavy atom. The SMILES string of the molecule is CCCCCC(N)C1CCC(C)O1. The van der Waals surface area contributed by atoms with E-state index in [4.69, 9.17) is 10.5 Å². The van der Waals surface area contributed by atoms with Crippen LogP contribution in [0.25, 0.3) is 0 Å². The Hall–Kier alpha value is -0.0800. The molecular formula is C11H23NO. The lowest BCUT2D eigenvalue weighted by Crippen LogP contribution is -2.34. The number of hydrogen-bond donors (Lipinski definition) is 1. The maximum absolute atomic E-state index is 6.06. The number of nitrogens with two attached hydrogens (primary N) is 1. The highest BCUT2D eigenvalue weighted by Gasteiger charge is 2.26. The fraction of sp³-hybridized carbons (Fsp3) is 1.00. The third kappa shape index (κ3) is 3.65. The van der Waals surface area contributed by atoms with Crippen LogP contribution in [0, 0.1) is 0 Å². The molecule has 13 heavy (non-hydrogen) atoms. The third-order valence-corrected chi connectivity index (χ3v) is 2.88. The molecule has 0 aliphatic carbocycles. The molecule has 0 amide bonds. The van der Waals surface area contributed by atoms with Crippen molar-refractivity contribution in [2.45, 2.75) is 70.6 Å². The molecule has 0 aromatic rings. The Bertz CT molecular complexity index is 138. The molecule has 2 N–H and O–H groups in total. The minimum Gasteiger partial charge on any atom is -0.374 e. The van der Waals surface area contributed by atoms with Gasteiger partial charge < -0.3 is 10.5 Å². The minimum absolute atomic E-state index is 0.275. The lowest BCUT2D eigenvalue weighted by atomic mass is 10.0. The van der Waals surface area contributed by atoms with Gasteiger partial charge in [-0.1, -0.05) is 26.2 Å². The van der Waals surface area contributed by atoms with E-state index in [2.05, 4.69) is 13.8 Å².